The van der Waals surface area contributed by atoms with E-state index in [9.17, 15) is 4.79 Å². The summed E-state index contributed by atoms with van der Waals surface area (Å²) in [6.45, 7) is 2.26. The minimum Gasteiger partial charge on any atom is -0.377 e. The maximum atomic E-state index is 11.5. The fourth-order valence-electron chi connectivity index (χ4n) is 2.69. The number of primary amides is 1. The molecule has 1 aliphatic carbocycles. The molecule has 7 nitrogen and oxygen atoms in total. The lowest BCUT2D eigenvalue weighted by atomic mass is 9.83. The van der Waals surface area contributed by atoms with Crippen molar-refractivity contribution < 1.29 is 14.1 Å². The number of nitrogens with two attached hydrogens (primary N) is 1. The number of methoxy groups -OCH3 is 1. The standard InChI is InChI=1S/C13H22N4O3/c1-8(13-16-11(7-19-2)17-20-13)15-10-6-4-3-5-9(10)12(14)18/h8-10,15H,3-7H2,1-2H3,(H2,14,18)/t8-,9-,10-/m0/s1. The topological polar surface area (TPSA) is 103 Å². The highest BCUT2D eigenvalue weighted by Crippen LogP contribution is 2.26. The van der Waals surface area contributed by atoms with Crippen LogP contribution < -0.4 is 11.1 Å². The number of aromatic nitrogens is 2. The number of hydrogen-bond acceptors (Lipinski definition) is 6. The van der Waals surface area contributed by atoms with E-state index in [1.165, 1.54) is 0 Å². The molecule has 0 bridgehead atoms. The van der Waals surface area contributed by atoms with Crippen molar-refractivity contribution in [3.63, 3.8) is 0 Å². The van der Waals surface area contributed by atoms with Gasteiger partial charge in [-0.2, -0.15) is 4.98 Å². The molecule has 0 aliphatic heterocycles. The van der Waals surface area contributed by atoms with E-state index in [1.807, 2.05) is 6.92 Å². The van der Waals surface area contributed by atoms with Gasteiger partial charge in [-0.3, -0.25) is 4.79 Å². The quantitative estimate of drug-likeness (QED) is 0.804. The fraction of sp³-hybridized carbons (Fsp3) is 0.769. The van der Waals surface area contributed by atoms with Gasteiger partial charge in [0.05, 0.1) is 12.0 Å². The normalized spacial score (nSPS) is 24.5. The Morgan fingerprint density at radius 3 is 3.00 bits per heavy atom. The van der Waals surface area contributed by atoms with Crippen LogP contribution in [0.5, 0.6) is 0 Å². The molecule has 1 aromatic heterocycles. The van der Waals surface area contributed by atoms with E-state index in [1.54, 1.807) is 7.11 Å². The monoisotopic (exact) mass is 282 g/mol. The van der Waals surface area contributed by atoms with Crippen LogP contribution >= 0.6 is 0 Å². The van der Waals surface area contributed by atoms with E-state index in [4.69, 9.17) is 15.0 Å². The second-order valence-electron chi connectivity index (χ2n) is 5.27. The van der Waals surface area contributed by atoms with Crippen LogP contribution in [0.15, 0.2) is 4.52 Å². The van der Waals surface area contributed by atoms with E-state index in [0.717, 1.165) is 25.7 Å². The van der Waals surface area contributed by atoms with Gasteiger partial charge in [0.15, 0.2) is 5.82 Å². The molecule has 0 unspecified atom stereocenters. The molecule has 20 heavy (non-hydrogen) atoms. The zero-order valence-corrected chi connectivity index (χ0v) is 12.0. The first kappa shape index (κ1) is 14.9. The lowest BCUT2D eigenvalue weighted by molar-refractivity contribution is -0.123. The third kappa shape index (κ3) is 3.55. The zero-order valence-electron chi connectivity index (χ0n) is 12.0. The first-order valence-corrected chi connectivity index (χ1v) is 6.98. The predicted molar refractivity (Wildman–Crippen MR) is 71.5 cm³/mol. The van der Waals surface area contributed by atoms with Gasteiger partial charge in [-0.05, 0) is 19.8 Å². The SMILES string of the molecule is COCc1noc([C@H](C)N[C@H]2CCCC[C@@H]2C(N)=O)n1. The van der Waals surface area contributed by atoms with Gasteiger partial charge in [-0.1, -0.05) is 18.0 Å². The van der Waals surface area contributed by atoms with Crippen molar-refractivity contribution in [3.05, 3.63) is 11.7 Å². The minimum absolute atomic E-state index is 0.0778. The molecule has 0 aromatic carbocycles. The Labute approximate surface area is 118 Å². The molecule has 3 N–H and O–H groups in total. The van der Waals surface area contributed by atoms with E-state index >= 15 is 0 Å². The van der Waals surface area contributed by atoms with Crippen molar-refractivity contribution >= 4 is 5.91 Å². The number of carbonyl (C=O) groups is 1. The molecule has 0 saturated heterocycles. The number of carbonyl (C=O) groups excluding carboxylic acids is 1. The summed E-state index contributed by atoms with van der Waals surface area (Å²) in [6, 6.07) is -0.0351. The molecule has 1 saturated carbocycles. The van der Waals surface area contributed by atoms with E-state index in [0.29, 0.717) is 18.3 Å². The van der Waals surface area contributed by atoms with Crippen molar-refractivity contribution in [2.75, 3.05) is 7.11 Å². The predicted octanol–water partition coefficient (Wildman–Crippen LogP) is 0.911. The van der Waals surface area contributed by atoms with Crippen molar-refractivity contribution in [3.8, 4) is 0 Å². The van der Waals surface area contributed by atoms with Crippen LogP contribution in [-0.2, 0) is 16.1 Å². The van der Waals surface area contributed by atoms with Gasteiger partial charge < -0.3 is 20.3 Å². The van der Waals surface area contributed by atoms with Crippen molar-refractivity contribution in [2.24, 2.45) is 11.7 Å². The lowest BCUT2D eigenvalue weighted by Crippen LogP contribution is -2.45. The third-order valence-corrected chi connectivity index (χ3v) is 3.72. The van der Waals surface area contributed by atoms with Gasteiger partial charge in [0, 0.05) is 13.2 Å². The summed E-state index contributed by atoms with van der Waals surface area (Å²) in [5.41, 5.74) is 5.47. The van der Waals surface area contributed by atoms with Gasteiger partial charge in [-0.15, -0.1) is 0 Å². The first-order valence-electron chi connectivity index (χ1n) is 6.98. The summed E-state index contributed by atoms with van der Waals surface area (Å²) < 4.78 is 10.1. The Bertz CT molecular complexity index is 449. The number of nitrogens with one attached hydrogen (secondary N) is 1. The minimum atomic E-state index is -0.236. The first-order chi connectivity index (χ1) is 9.61. The van der Waals surface area contributed by atoms with Gasteiger partial charge in [0.25, 0.3) is 0 Å². The average Bonchev–Trinajstić information content (AvgIpc) is 2.88. The fourth-order valence-corrected chi connectivity index (χ4v) is 2.69. The molecule has 112 valence electrons. The van der Waals surface area contributed by atoms with Crippen LogP contribution in [0.4, 0.5) is 0 Å². The van der Waals surface area contributed by atoms with Gasteiger partial charge in [-0.25, -0.2) is 0 Å². The Morgan fingerprint density at radius 2 is 2.30 bits per heavy atom. The second-order valence-corrected chi connectivity index (χ2v) is 5.27. The Hall–Kier alpha value is -1.47. The smallest absolute Gasteiger partial charge is 0.243 e. The zero-order chi connectivity index (χ0) is 14.5. The molecule has 2 rings (SSSR count). The second kappa shape index (κ2) is 6.81. The third-order valence-electron chi connectivity index (χ3n) is 3.72. The van der Waals surface area contributed by atoms with Crippen LogP contribution in [0.2, 0.25) is 0 Å². The summed E-state index contributed by atoms with van der Waals surface area (Å²) >= 11 is 0. The van der Waals surface area contributed by atoms with Gasteiger partial charge >= 0.3 is 0 Å². The van der Waals surface area contributed by atoms with Crippen molar-refractivity contribution in [1.82, 2.24) is 15.5 Å². The molecule has 1 aliphatic rings. The number of hydrogen-bond donors (Lipinski definition) is 2. The van der Waals surface area contributed by atoms with Gasteiger partial charge in [0.1, 0.15) is 6.61 Å². The van der Waals surface area contributed by atoms with Crippen LogP contribution in [-0.4, -0.2) is 29.2 Å². The van der Waals surface area contributed by atoms with Gasteiger partial charge in [0.2, 0.25) is 11.8 Å². The van der Waals surface area contributed by atoms with Crippen LogP contribution in [0.1, 0.15) is 50.4 Å². The number of ether oxygens (including phenoxy) is 1. The Kier molecular flexibility index (Phi) is 5.08. The van der Waals surface area contributed by atoms with Crippen molar-refractivity contribution in [1.29, 1.82) is 0 Å². The molecule has 0 spiro atoms. The van der Waals surface area contributed by atoms with Crippen LogP contribution in [0.25, 0.3) is 0 Å². The highest BCUT2D eigenvalue weighted by Gasteiger charge is 2.31. The highest BCUT2D eigenvalue weighted by atomic mass is 16.5. The molecule has 1 fully saturated rings. The average molecular weight is 282 g/mol. The summed E-state index contributed by atoms with van der Waals surface area (Å²) in [7, 11) is 1.58. The van der Waals surface area contributed by atoms with E-state index < -0.39 is 0 Å². The maximum Gasteiger partial charge on any atom is 0.243 e. The molecule has 1 aromatic rings. The number of amides is 1. The lowest BCUT2D eigenvalue weighted by Gasteiger charge is -2.31. The molecule has 1 heterocycles. The van der Waals surface area contributed by atoms with Crippen LogP contribution in [0, 0.1) is 5.92 Å². The molecule has 7 heteroatoms. The molecular formula is C13H22N4O3. The number of nitrogens with zero attached hydrogens (tertiary/aromatic N) is 2. The van der Waals surface area contributed by atoms with E-state index in [-0.39, 0.29) is 23.9 Å². The molecule has 3 atom stereocenters. The highest BCUT2D eigenvalue weighted by molar-refractivity contribution is 5.77. The van der Waals surface area contributed by atoms with E-state index in [2.05, 4.69) is 15.5 Å². The Balaban J connectivity index is 1.97. The summed E-state index contributed by atoms with van der Waals surface area (Å²) in [4.78, 5) is 15.7. The maximum absolute atomic E-state index is 11.5. The van der Waals surface area contributed by atoms with Crippen molar-refractivity contribution in [2.45, 2.75) is 51.3 Å². The summed E-state index contributed by atoms with van der Waals surface area (Å²) in [5.74, 6) is 0.671. The molecule has 1 amide bonds. The molecule has 0 radical (unpaired) electrons. The molecular weight excluding hydrogens is 260 g/mol. The summed E-state index contributed by atoms with van der Waals surface area (Å²) in [6.07, 6.45) is 3.95. The Morgan fingerprint density at radius 1 is 1.55 bits per heavy atom. The largest absolute Gasteiger partial charge is 0.377 e. The number of rotatable bonds is 6. The van der Waals surface area contributed by atoms with Crippen LogP contribution in [0.3, 0.4) is 0 Å². The summed E-state index contributed by atoms with van der Waals surface area (Å²) in [5, 5.41) is 7.22.